The van der Waals surface area contributed by atoms with Gasteiger partial charge in [-0.25, -0.2) is 0 Å². The van der Waals surface area contributed by atoms with E-state index < -0.39 is 0 Å². The van der Waals surface area contributed by atoms with Gasteiger partial charge in [0.05, 0.1) is 6.10 Å². The standard InChI is InChI=1S/C17H20N2O3S/c1-4-19-15(20)9-12(18-19)17(21)11-5-6-14-16(10(11)2)13(22-3)7-8-23-14/h5-6,9,13,18H,4,7-8H2,1-3H3. The molecule has 0 saturated heterocycles. The summed E-state index contributed by atoms with van der Waals surface area (Å²) in [5, 5.41) is 2.88. The van der Waals surface area contributed by atoms with Crippen molar-refractivity contribution in [2.24, 2.45) is 0 Å². The van der Waals surface area contributed by atoms with Crippen molar-refractivity contribution in [3.8, 4) is 0 Å². The highest BCUT2D eigenvalue weighted by molar-refractivity contribution is 7.99. The summed E-state index contributed by atoms with van der Waals surface area (Å²) in [6.45, 7) is 4.33. The van der Waals surface area contributed by atoms with Gasteiger partial charge >= 0.3 is 0 Å². The maximum Gasteiger partial charge on any atom is 0.267 e. The number of aryl methyl sites for hydroxylation is 1. The lowest BCUT2D eigenvalue weighted by Crippen LogP contribution is -2.15. The number of ketones is 1. The fourth-order valence-electron chi connectivity index (χ4n) is 3.06. The van der Waals surface area contributed by atoms with Crippen LogP contribution >= 0.6 is 11.8 Å². The second kappa shape index (κ2) is 6.37. The summed E-state index contributed by atoms with van der Waals surface area (Å²) < 4.78 is 7.02. The molecule has 0 amide bonds. The lowest BCUT2D eigenvalue weighted by Gasteiger charge is -2.26. The number of thioether (sulfide) groups is 1. The average Bonchev–Trinajstić information content (AvgIpc) is 2.95. The Bertz CT molecular complexity index is 807. The van der Waals surface area contributed by atoms with Crippen LogP contribution in [0, 0.1) is 6.92 Å². The van der Waals surface area contributed by atoms with E-state index in [2.05, 4.69) is 5.10 Å². The Hall–Kier alpha value is -1.79. The molecule has 3 rings (SSSR count). The fourth-order valence-corrected chi connectivity index (χ4v) is 4.22. The Morgan fingerprint density at radius 1 is 1.48 bits per heavy atom. The number of aromatic amines is 1. The van der Waals surface area contributed by atoms with Crippen LogP contribution in [0.3, 0.4) is 0 Å². The van der Waals surface area contributed by atoms with E-state index in [-0.39, 0.29) is 17.4 Å². The zero-order chi connectivity index (χ0) is 16.6. The van der Waals surface area contributed by atoms with Crippen LogP contribution in [-0.2, 0) is 11.3 Å². The van der Waals surface area contributed by atoms with Crippen molar-refractivity contribution in [2.75, 3.05) is 12.9 Å². The molecular weight excluding hydrogens is 312 g/mol. The van der Waals surface area contributed by atoms with E-state index in [0.29, 0.717) is 17.8 Å². The number of fused-ring (bicyclic) bond motifs is 1. The van der Waals surface area contributed by atoms with Crippen LogP contribution in [0.2, 0.25) is 0 Å². The minimum atomic E-state index is -0.184. The Kier molecular flexibility index (Phi) is 4.46. The van der Waals surface area contributed by atoms with E-state index in [9.17, 15) is 9.59 Å². The van der Waals surface area contributed by atoms with E-state index in [4.69, 9.17) is 4.74 Å². The topological polar surface area (TPSA) is 64.1 Å². The second-order valence-electron chi connectivity index (χ2n) is 5.59. The number of ether oxygens (including phenoxy) is 1. The van der Waals surface area contributed by atoms with Gasteiger partial charge < -0.3 is 4.74 Å². The van der Waals surface area contributed by atoms with Crippen molar-refractivity contribution in [1.29, 1.82) is 0 Å². The summed E-state index contributed by atoms with van der Waals surface area (Å²) >= 11 is 1.80. The van der Waals surface area contributed by atoms with Gasteiger partial charge in [-0.05, 0) is 43.5 Å². The lowest BCUT2D eigenvalue weighted by molar-refractivity contribution is 0.0962. The van der Waals surface area contributed by atoms with Crippen LogP contribution in [0.5, 0.6) is 0 Å². The molecule has 2 aromatic rings. The summed E-state index contributed by atoms with van der Waals surface area (Å²) in [5.41, 5.74) is 2.82. The molecule has 1 unspecified atom stereocenters. The number of H-pyrrole nitrogens is 1. The van der Waals surface area contributed by atoms with Crippen LogP contribution < -0.4 is 5.56 Å². The highest BCUT2D eigenvalue weighted by Gasteiger charge is 2.26. The first-order valence-corrected chi connectivity index (χ1v) is 8.69. The molecule has 122 valence electrons. The number of methoxy groups -OCH3 is 1. The number of carbonyl (C=O) groups excluding carboxylic acids is 1. The molecular formula is C17H20N2O3S. The molecule has 1 aliphatic heterocycles. The van der Waals surface area contributed by atoms with Crippen molar-refractivity contribution in [1.82, 2.24) is 9.78 Å². The number of rotatable bonds is 4. The molecule has 1 N–H and O–H groups in total. The Morgan fingerprint density at radius 3 is 2.91 bits per heavy atom. The minimum absolute atomic E-state index is 0.0262. The van der Waals surface area contributed by atoms with E-state index >= 15 is 0 Å². The molecule has 23 heavy (non-hydrogen) atoms. The molecule has 0 fully saturated rings. The zero-order valence-corrected chi connectivity index (χ0v) is 14.3. The van der Waals surface area contributed by atoms with Crippen molar-refractivity contribution >= 4 is 17.5 Å². The molecule has 6 heteroatoms. The van der Waals surface area contributed by atoms with Crippen LogP contribution in [0.15, 0.2) is 27.9 Å². The first-order chi connectivity index (χ1) is 11.1. The maximum absolute atomic E-state index is 12.8. The largest absolute Gasteiger partial charge is 0.377 e. The van der Waals surface area contributed by atoms with Gasteiger partial charge in [0.1, 0.15) is 5.69 Å². The summed E-state index contributed by atoms with van der Waals surface area (Å²) in [6.07, 6.45) is 0.966. The monoisotopic (exact) mass is 332 g/mol. The quantitative estimate of drug-likeness (QED) is 0.875. The first-order valence-electron chi connectivity index (χ1n) is 7.70. The molecule has 1 aliphatic rings. The van der Waals surface area contributed by atoms with Gasteiger partial charge in [-0.2, -0.15) is 0 Å². The van der Waals surface area contributed by atoms with Gasteiger partial charge in [0.2, 0.25) is 5.78 Å². The number of carbonyl (C=O) groups is 1. The maximum atomic E-state index is 12.8. The lowest BCUT2D eigenvalue weighted by atomic mass is 9.93. The van der Waals surface area contributed by atoms with Gasteiger partial charge in [0.15, 0.2) is 0 Å². The van der Waals surface area contributed by atoms with Gasteiger partial charge in [0, 0.05) is 35.9 Å². The Balaban J connectivity index is 2.06. The fraction of sp³-hybridized carbons (Fsp3) is 0.412. The molecule has 1 aromatic carbocycles. The molecule has 0 radical (unpaired) electrons. The third kappa shape index (κ3) is 2.77. The molecule has 5 nitrogen and oxygen atoms in total. The number of hydrogen-bond acceptors (Lipinski definition) is 4. The molecule has 1 aromatic heterocycles. The number of benzene rings is 1. The van der Waals surface area contributed by atoms with E-state index in [0.717, 1.165) is 23.3 Å². The summed E-state index contributed by atoms with van der Waals surface area (Å²) in [7, 11) is 1.71. The Labute approximate surface area is 139 Å². The molecule has 2 heterocycles. The molecule has 1 atom stereocenters. The van der Waals surface area contributed by atoms with Crippen LogP contribution in [0.25, 0.3) is 0 Å². The zero-order valence-electron chi connectivity index (χ0n) is 13.5. The predicted octanol–water partition coefficient (Wildman–Crippen LogP) is 2.92. The first kappa shape index (κ1) is 16.1. The Morgan fingerprint density at radius 2 is 2.26 bits per heavy atom. The van der Waals surface area contributed by atoms with Crippen molar-refractivity contribution < 1.29 is 9.53 Å². The minimum Gasteiger partial charge on any atom is -0.377 e. The summed E-state index contributed by atoms with van der Waals surface area (Å²) in [4.78, 5) is 25.8. The van der Waals surface area contributed by atoms with Gasteiger partial charge in [0.25, 0.3) is 5.56 Å². The highest BCUT2D eigenvalue weighted by Crippen LogP contribution is 2.40. The predicted molar refractivity (Wildman–Crippen MR) is 90.4 cm³/mol. The van der Waals surface area contributed by atoms with Crippen LogP contribution in [0.1, 0.15) is 46.6 Å². The van der Waals surface area contributed by atoms with E-state index in [1.54, 1.807) is 18.9 Å². The third-order valence-corrected chi connectivity index (χ3v) is 5.42. The normalized spacial score (nSPS) is 17.1. The van der Waals surface area contributed by atoms with Gasteiger partial charge in [-0.3, -0.25) is 19.4 Å². The van der Waals surface area contributed by atoms with E-state index in [1.807, 2.05) is 26.0 Å². The van der Waals surface area contributed by atoms with Crippen molar-refractivity contribution in [2.45, 2.75) is 37.8 Å². The van der Waals surface area contributed by atoms with Gasteiger partial charge in [-0.15, -0.1) is 11.8 Å². The van der Waals surface area contributed by atoms with Crippen molar-refractivity contribution in [3.63, 3.8) is 0 Å². The smallest absolute Gasteiger partial charge is 0.267 e. The molecule has 0 spiro atoms. The molecule has 0 bridgehead atoms. The van der Waals surface area contributed by atoms with Crippen molar-refractivity contribution in [3.05, 3.63) is 50.9 Å². The number of nitrogens with one attached hydrogen (secondary N) is 1. The number of nitrogens with zero attached hydrogens (tertiary/aromatic N) is 1. The van der Waals surface area contributed by atoms with Crippen LogP contribution in [0.4, 0.5) is 0 Å². The summed E-state index contributed by atoms with van der Waals surface area (Å²) in [6, 6.07) is 5.21. The summed E-state index contributed by atoms with van der Waals surface area (Å²) in [5.74, 6) is 0.866. The molecule has 0 aliphatic carbocycles. The second-order valence-corrected chi connectivity index (χ2v) is 6.73. The van der Waals surface area contributed by atoms with Crippen LogP contribution in [-0.4, -0.2) is 28.4 Å². The molecule has 0 saturated carbocycles. The third-order valence-electron chi connectivity index (χ3n) is 4.31. The highest BCUT2D eigenvalue weighted by atomic mass is 32.2. The number of aromatic nitrogens is 2. The van der Waals surface area contributed by atoms with Gasteiger partial charge in [-0.1, -0.05) is 0 Å². The SMILES string of the molecule is CCn1[nH]c(C(=O)c2ccc3c(c2C)C(OC)CCS3)cc1=O. The average molecular weight is 332 g/mol. The van der Waals surface area contributed by atoms with E-state index in [1.165, 1.54) is 15.6 Å². The number of hydrogen-bond donors (Lipinski definition) is 1.